The van der Waals surface area contributed by atoms with Crippen LogP contribution in [-0.4, -0.2) is 27.3 Å². The van der Waals surface area contributed by atoms with Crippen LogP contribution in [0, 0.1) is 11.3 Å². The topological polar surface area (TPSA) is 75.7 Å². The standard InChI is InChI=1S/C19H18N4O/c20-11-13-9-17(21-12-13)19(24)23-8-4-3-7-18(23)16-10-14-5-1-2-6-15(14)22-16/h1-2,5-6,9-10,12,18,21-22H,3-4,7-8H2. The van der Waals surface area contributed by atoms with Crippen molar-refractivity contribution in [2.45, 2.75) is 25.3 Å². The summed E-state index contributed by atoms with van der Waals surface area (Å²) in [5.74, 6) is -0.0418. The van der Waals surface area contributed by atoms with Crippen LogP contribution in [0.1, 0.15) is 47.1 Å². The van der Waals surface area contributed by atoms with Crippen molar-refractivity contribution in [3.63, 3.8) is 0 Å². The lowest BCUT2D eigenvalue weighted by molar-refractivity contribution is 0.0601. The number of piperidine rings is 1. The number of fused-ring (bicyclic) bond motifs is 1. The summed E-state index contributed by atoms with van der Waals surface area (Å²) in [4.78, 5) is 21.2. The van der Waals surface area contributed by atoms with Crippen LogP contribution in [0.2, 0.25) is 0 Å². The monoisotopic (exact) mass is 318 g/mol. The second-order valence-corrected chi connectivity index (χ2v) is 6.24. The number of carbonyl (C=O) groups is 1. The molecule has 0 spiro atoms. The smallest absolute Gasteiger partial charge is 0.270 e. The number of benzene rings is 1. The van der Waals surface area contributed by atoms with Crippen LogP contribution >= 0.6 is 0 Å². The van der Waals surface area contributed by atoms with Crippen LogP contribution in [0.25, 0.3) is 10.9 Å². The molecule has 0 bridgehead atoms. The number of likely N-dealkylation sites (tertiary alicyclic amines) is 1. The van der Waals surface area contributed by atoms with E-state index in [1.807, 2.05) is 17.0 Å². The van der Waals surface area contributed by atoms with Crippen LogP contribution in [0.3, 0.4) is 0 Å². The summed E-state index contributed by atoms with van der Waals surface area (Å²) >= 11 is 0. The van der Waals surface area contributed by atoms with Gasteiger partial charge in [-0.1, -0.05) is 18.2 Å². The van der Waals surface area contributed by atoms with Crippen molar-refractivity contribution in [2.75, 3.05) is 6.54 Å². The summed E-state index contributed by atoms with van der Waals surface area (Å²) < 4.78 is 0. The molecule has 5 nitrogen and oxygen atoms in total. The second kappa shape index (κ2) is 5.89. The van der Waals surface area contributed by atoms with Crippen molar-refractivity contribution >= 4 is 16.8 Å². The Kier molecular flexibility index (Phi) is 3.58. The minimum atomic E-state index is -0.0418. The van der Waals surface area contributed by atoms with Crippen molar-refractivity contribution in [3.05, 3.63) is 59.5 Å². The number of hydrogen-bond donors (Lipinski definition) is 2. The second-order valence-electron chi connectivity index (χ2n) is 6.24. The molecule has 4 rings (SSSR count). The third kappa shape index (κ3) is 2.46. The maximum atomic E-state index is 12.9. The molecule has 1 unspecified atom stereocenters. The number of carbonyl (C=O) groups excluding carboxylic acids is 1. The average Bonchev–Trinajstić information content (AvgIpc) is 3.27. The van der Waals surface area contributed by atoms with Gasteiger partial charge in [0.2, 0.25) is 0 Å². The van der Waals surface area contributed by atoms with Crippen LogP contribution in [-0.2, 0) is 0 Å². The predicted molar refractivity (Wildman–Crippen MR) is 91.4 cm³/mol. The zero-order valence-corrected chi connectivity index (χ0v) is 13.2. The highest BCUT2D eigenvalue weighted by Gasteiger charge is 2.30. The van der Waals surface area contributed by atoms with Crippen molar-refractivity contribution in [1.82, 2.24) is 14.9 Å². The molecular weight excluding hydrogens is 300 g/mol. The molecule has 2 N–H and O–H groups in total. The van der Waals surface area contributed by atoms with Crippen LogP contribution in [0.4, 0.5) is 0 Å². The van der Waals surface area contributed by atoms with E-state index in [2.05, 4.69) is 34.2 Å². The zero-order chi connectivity index (χ0) is 16.5. The van der Waals surface area contributed by atoms with E-state index >= 15 is 0 Å². The molecule has 1 aliphatic heterocycles. The summed E-state index contributed by atoms with van der Waals surface area (Å²) in [5, 5.41) is 10.1. The molecule has 5 heteroatoms. The fraction of sp³-hybridized carbons (Fsp3) is 0.263. The van der Waals surface area contributed by atoms with Crippen molar-refractivity contribution in [1.29, 1.82) is 5.26 Å². The minimum Gasteiger partial charge on any atom is -0.357 e. The number of nitriles is 1. The van der Waals surface area contributed by atoms with Gasteiger partial charge in [-0.2, -0.15) is 5.26 Å². The van der Waals surface area contributed by atoms with E-state index in [0.717, 1.165) is 42.4 Å². The lowest BCUT2D eigenvalue weighted by Crippen LogP contribution is -2.38. The molecule has 3 heterocycles. The number of nitrogens with zero attached hydrogens (tertiary/aromatic N) is 2. The Hall–Kier alpha value is -3.00. The van der Waals surface area contributed by atoms with Crippen molar-refractivity contribution in [3.8, 4) is 6.07 Å². The predicted octanol–water partition coefficient (Wildman–Crippen LogP) is 3.74. The van der Waals surface area contributed by atoms with E-state index in [0.29, 0.717) is 11.3 Å². The normalized spacial score (nSPS) is 17.8. The minimum absolute atomic E-state index is 0.0418. The Morgan fingerprint density at radius 2 is 2.12 bits per heavy atom. The molecule has 3 aromatic rings. The van der Waals surface area contributed by atoms with E-state index in [1.54, 1.807) is 12.3 Å². The third-order valence-electron chi connectivity index (χ3n) is 4.72. The van der Waals surface area contributed by atoms with E-state index in [-0.39, 0.29) is 11.9 Å². The van der Waals surface area contributed by atoms with Gasteiger partial charge < -0.3 is 14.9 Å². The first kappa shape index (κ1) is 14.6. The van der Waals surface area contributed by atoms with Crippen LogP contribution in [0.15, 0.2) is 42.6 Å². The molecule has 0 saturated carbocycles. The largest absolute Gasteiger partial charge is 0.357 e. The molecule has 2 aromatic heterocycles. The highest BCUT2D eigenvalue weighted by Crippen LogP contribution is 2.33. The zero-order valence-electron chi connectivity index (χ0n) is 13.2. The molecular formula is C19H18N4O. The maximum absolute atomic E-state index is 12.9. The summed E-state index contributed by atoms with van der Waals surface area (Å²) in [5.41, 5.74) is 3.14. The molecule has 1 saturated heterocycles. The fourth-order valence-electron chi connectivity index (χ4n) is 3.51. The third-order valence-corrected chi connectivity index (χ3v) is 4.72. The van der Waals surface area contributed by atoms with Crippen LogP contribution in [0.5, 0.6) is 0 Å². The van der Waals surface area contributed by atoms with Gasteiger partial charge in [0.25, 0.3) is 5.91 Å². The molecule has 1 aromatic carbocycles. The van der Waals surface area contributed by atoms with Gasteiger partial charge in [0.1, 0.15) is 11.8 Å². The van der Waals surface area contributed by atoms with Gasteiger partial charge in [-0.25, -0.2) is 0 Å². The molecule has 0 radical (unpaired) electrons. The van der Waals surface area contributed by atoms with E-state index in [1.165, 1.54) is 0 Å². The van der Waals surface area contributed by atoms with E-state index < -0.39 is 0 Å². The highest BCUT2D eigenvalue weighted by atomic mass is 16.2. The average molecular weight is 318 g/mol. The highest BCUT2D eigenvalue weighted by molar-refractivity contribution is 5.93. The summed E-state index contributed by atoms with van der Waals surface area (Å²) in [6, 6.07) is 14.0. The number of H-pyrrole nitrogens is 2. The number of aromatic nitrogens is 2. The Morgan fingerprint density at radius 3 is 2.92 bits per heavy atom. The number of amides is 1. The Bertz CT molecular complexity index is 897. The number of para-hydroxylation sites is 1. The Balaban J connectivity index is 1.67. The quantitative estimate of drug-likeness (QED) is 0.755. The van der Waals surface area contributed by atoms with E-state index in [4.69, 9.17) is 5.26 Å². The van der Waals surface area contributed by atoms with Crippen molar-refractivity contribution in [2.24, 2.45) is 0 Å². The summed E-state index contributed by atoms with van der Waals surface area (Å²) in [6.45, 7) is 0.736. The molecule has 1 amide bonds. The summed E-state index contributed by atoms with van der Waals surface area (Å²) in [6.07, 6.45) is 4.64. The van der Waals surface area contributed by atoms with Gasteiger partial charge in [0, 0.05) is 24.0 Å². The Labute approximate surface area is 139 Å². The molecule has 24 heavy (non-hydrogen) atoms. The lowest BCUT2D eigenvalue weighted by Gasteiger charge is -2.35. The molecule has 1 fully saturated rings. The molecule has 120 valence electrons. The Morgan fingerprint density at radius 1 is 1.25 bits per heavy atom. The molecule has 1 aliphatic rings. The van der Waals surface area contributed by atoms with Gasteiger partial charge in [0.15, 0.2) is 0 Å². The SMILES string of the molecule is N#Cc1c[nH]c(C(=O)N2CCCCC2c2cc3ccccc3[nH]2)c1. The van der Waals surface area contributed by atoms with Gasteiger partial charge in [-0.15, -0.1) is 0 Å². The first-order chi connectivity index (χ1) is 11.8. The van der Waals surface area contributed by atoms with Crippen LogP contribution < -0.4 is 0 Å². The first-order valence-corrected chi connectivity index (χ1v) is 8.23. The number of aromatic amines is 2. The van der Waals surface area contributed by atoms with Gasteiger partial charge in [-0.3, -0.25) is 4.79 Å². The van der Waals surface area contributed by atoms with E-state index in [9.17, 15) is 4.79 Å². The number of nitrogens with one attached hydrogen (secondary N) is 2. The first-order valence-electron chi connectivity index (χ1n) is 8.23. The van der Waals surface area contributed by atoms with Gasteiger partial charge in [-0.05, 0) is 42.8 Å². The maximum Gasteiger partial charge on any atom is 0.270 e. The molecule has 0 aliphatic carbocycles. The molecule has 1 atom stereocenters. The van der Waals surface area contributed by atoms with Gasteiger partial charge >= 0.3 is 0 Å². The lowest BCUT2D eigenvalue weighted by atomic mass is 9.98. The van der Waals surface area contributed by atoms with Gasteiger partial charge in [0.05, 0.1) is 11.6 Å². The fourth-order valence-corrected chi connectivity index (χ4v) is 3.51. The summed E-state index contributed by atoms with van der Waals surface area (Å²) in [7, 11) is 0. The van der Waals surface area contributed by atoms with Crippen molar-refractivity contribution < 1.29 is 4.79 Å². The number of rotatable bonds is 2. The number of hydrogen-bond acceptors (Lipinski definition) is 2.